The van der Waals surface area contributed by atoms with E-state index in [4.69, 9.17) is 4.74 Å². The van der Waals surface area contributed by atoms with Gasteiger partial charge in [-0.2, -0.15) is 5.10 Å². The number of hydrogen-bond acceptors (Lipinski definition) is 3. The summed E-state index contributed by atoms with van der Waals surface area (Å²) >= 11 is 0. The van der Waals surface area contributed by atoms with E-state index in [2.05, 4.69) is 22.3 Å². The van der Waals surface area contributed by atoms with Gasteiger partial charge >= 0.3 is 0 Å². The zero-order valence-electron chi connectivity index (χ0n) is 12.5. The lowest BCUT2D eigenvalue weighted by atomic mass is 9.99. The second-order valence-corrected chi connectivity index (χ2v) is 4.93. The van der Waals surface area contributed by atoms with Crippen LogP contribution in [0.4, 0.5) is 0 Å². The van der Waals surface area contributed by atoms with Crippen LogP contribution in [0.3, 0.4) is 0 Å². The van der Waals surface area contributed by atoms with Crippen LogP contribution < -0.4 is 5.32 Å². The Balaban J connectivity index is 2.35. The molecule has 2 heterocycles. The number of carbonyl (C=O) groups excluding carboxylic acids is 1. The smallest absolute Gasteiger partial charge is 0.270 e. The summed E-state index contributed by atoms with van der Waals surface area (Å²) in [7, 11) is 0. The highest BCUT2D eigenvalue weighted by atomic mass is 16.5. The van der Waals surface area contributed by atoms with Crippen molar-refractivity contribution < 1.29 is 9.53 Å². The molecule has 5 heteroatoms. The summed E-state index contributed by atoms with van der Waals surface area (Å²) in [6.07, 6.45) is 0.763. The molecule has 20 heavy (non-hydrogen) atoms. The molecule has 1 aliphatic rings. The lowest BCUT2D eigenvalue weighted by Crippen LogP contribution is -2.29. The maximum atomic E-state index is 12.4. The first kappa shape index (κ1) is 14.6. The van der Waals surface area contributed by atoms with Gasteiger partial charge in [-0.05, 0) is 27.7 Å². The van der Waals surface area contributed by atoms with E-state index in [0.717, 1.165) is 17.7 Å². The van der Waals surface area contributed by atoms with Crippen LogP contribution in [-0.4, -0.2) is 28.3 Å². The summed E-state index contributed by atoms with van der Waals surface area (Å²) in [4.78, 5) is 12.4. The van der Waals surface area contributed by atoms with Gasteiger partial charge in [0.2, 0.25) is 0 Å². The molecule has 0 aromatic carbocycles. The number of hydrogen-bond donors (Lipinski definition) is 1. The SMILES string of the molecule is CC#CCNC(=O)c1c2c(nn1CC)[C@@H](C)O[C@@H](C)C2. The fourth-order valence-electron chi connectivity index (χ4n) is 2.57. The first-order valence-electron chi connectivity index (χ1n) is 7.01. The average molecular weight is 275 g/mol. The van der Waals surface area contributed by atoms with Crippen LogP contribution in [0.25, 0.3) is 0 Å². The largest absolute Gasteiger partial charge is 0.369 e. The molecule has 0 fully saturated rings. The maximum absolute atomic E-state index is 12.4. The number of aryl methyl sites for hydroxylation is 1. The van der Waals surface area contributed by atoms with Gasteiger partial charge in [-0.1, -0.05) is 5.92 Å². The van der Waals surface area contributed by atoms with Crippen LogP contribution in [0.5, 0.6) is 0 Å². The first-order chi connectivity index (χ1) is 9.58. The third kappa shape index (κ3) is 2.70. The molecule has 0 saturated heterocycles. The van der Waals surface area contributed by atoms with Crippen LogP contribution in [0.1, 0.15) is 55.5 Å². The summed E-state index contributed by atoms with van der Waals surface area (Å²) in [6.45, 7) is 8.76. The number of amides is 1. The summed E-state index contributed by atoms with van der Waals surface area (Å²) in [5.41, 5.74) is 2.55. The van der Waals surface area contributed by atoms with E-state index in [1.165, 1.54) is 0 Å². The van der Waals surface area contributed by atoms with Crippen molar-refractivity contribution in [3.8, 4) is 11.8 Å². The van der Waals surface area contributed by atoms with Gasteiger partial charge in [-0.15, -0.1) is 5.92 Å². The van der Waals surface area contributed by atoms with Crippen LogP contribution in [-0.2, 0) is 17.7 Å². The summed E-state index contributed by atoms with van der Waals surface area (Å²) in [6, 6.07) is 0. The van der Waals surface area contributed by atoms with Crippen molar-refractivity contribution in [2.24, 2.45) is 0 Å². The highest BCUT2D eigenvalue weighted by Crippen LogP contribution is 2.31. The summed E-state index contributed by atoms with van der Waals surface area (Å²) < 4.78 is 7.54. The van der Waals surface area contributed by atoms with Crippen molar-refractivity contribution in [3.05, 3.63) is 17.0 Å². The Morgan fingerprint density at radius 2 is 2.30 bits per heavy atom. The summed E-state index contributed by atoms with van der Waals surface area (Å²) in [5, 5.41) is 7.36. The maximum Gasteiger partial charge on any atom is 0.270 e. The lowest BCUT2D eigenvalue weighted by Gasteiger charge is -2.24. The van der Waals surface area contributed by atoms with Crippen molar-refractivity contribution in [1.82, 2.24) is 15.1 Å². The van der Waals surface area contributed by atoms with E-state index in [-0.39, 0.29) is 18.1 Å². The molecule has 0 saturated carbocycles. The molecule has 0 radical (unpaired) electrons. The van der Waals surface area contributed by atoms with E-state index in [0.29, 0.717) is 18.8 Å². The molecule has 0 aliphatic carbocycles. The van der Waals surface area contributed by atoms with Gasteiger partial charge < -0.3 is 10.1 Å². The monoisotopic (exact) mass is 275 g/mol. The van der Waals surface area contributed by atoms with Crippen molar-refractivity contribution in [1.29, 1.82) is 0 Å². The van der Waals surface area contributed by atoms with E-state index in [9.17, 15) is 4.79 Å². The van der Waals surface area contributed by atoms with E-state index < -0.39 is 0 Å². The fraction of sp³-hybridized carbons (Fsp3) is 0.600. The number of ether oxygens (including phenoxy) is 1. The van der Waals surface area contributed by atoms with E-state index >= 15 is 0 Å². The molecule has 0 bridgehead atoms. The molecule has 1 aromatic rings. The van der Waals surface area contributed by atoms with Crippen molar-refractivity contribution in [2.45, 2.75) is 52.9 Å². The number of rotatable bonds is 3. The van der Waals surface area contributed by atoms with Gasteiger partial charge in [0.05, 0.1) is 24.4 Å². The molecule has 108 valence electrons. The van der Waals surface area contributed by atoms with Crippen molar-refractivity contribution in [3.63, 3.8) is 0 Å². The third-order valence-corrected chi connectivity index (χ3v) is 3.42. The molecule has 5 nitrogen and oxygen atoms in total. The van der Waals surface area contributed by atoms with Gasteiger partial charge in [0.15, 0.2) is 0 Å². The van der Waals surface area contributed by atoms with Gasteiger partial charge in [0.1, 0.15) is 5.69 Å². The van der Waals surface area contributed by atoms with Gasteiger partial charge in [0, 0.05) is 18.5 Å². The van der Waals surface area contributed by atoms with Gasteiger partial charge in [-0.3, -0.25) is 9.48 Å². The van der Waals surface area contributed by atoms with Crippen LogP contribution in [0.15, 0.2) is 0 Å². The topological polar surface area (TPSA) is 56.2 Å². The minimum atomic E-state index is -0.107. The zero-order valence-corrected chi connectivity index (χ0v) is 12.5. The third-order valence-electron chi connectivity index (χ3n) is 3.42. The van der Waals surface area contributed by atoms with Crippen LogP contribution >= 0.6 is 0 Å². The molecule has 1 aliphatic heterocycles. The Labute approximate surface area is 119 Å². The molecular formula is C15H21N3O2. The normalized spacial score (nSPS) is 20.8. The zero-order chi connectivity index (χ0) is 14.7. The molecule has 1 amide bonds. The fourth-order valence-corrected chi connectivity index (χ4v) is 2.57. The molecule has 1 N–H and O–H groups in total. The first-order valence-corrected chi connectivity index (χ1v) is 7.01. The Morgan fingerprint density at radius 3 is 2.95 bits per heavy atom. The van der Waals surface area contributed by atoms with Crippen LogP contribution in [0.2, 0.25) is 0 Å². The molecule has 0 spiro atoms. The molecule has 2 atom stereocenters. The highest BCUT2D eigenvalue weighted by Gasteiger charge is 2.31. The number of carbonyl (C=O) groups is 1. The van der Waals surface area contributed by atoms with E-state index in [1.807, 2.05) is 20.8 Å². The summed E-state index contributed by atoms with van der Waals surface area (Å²) in [5.74, 6) is 5.50. The van der Waals surface area contributed by atoms with Gasteiger partial charge in [-0.25, -0.2) is 0 Å². The number of fused-ring (bicyclic) bond motifs is 1. The predicted molar refractivity (Wildman–Crippen MR) is 76.4 cm³/mol. The average Bonchev–Trinajstić information content (AvgIpc) is 2.77. The van der Waals surface area contributed by atoms with Crippen molar-refractivity contribution in [2.75, 3.05) is 6.54 Å². The molecular weight excluding hydrogens is 254 g/mol. The van der Waals surface area contributed by atoms with Crippen LogP contribution in [0, 0.1) is 11.8 Å². The second-order valence-electron chi connectivity index (χ2n) is 4.93. The Morgan fingerprint density at radius 1 is 1.55 bits per heavy atom. The number of nitrogens with one attached hydrogen (secondary N) is 1. The Bertz CT molecular complexity index is 566. The highest BCUT2D eigenvalue weighted by molar-refractivity contribution is 5.94. The Kier molecular flexibility index (Phi) is 4.46. The predicted octanol–water partition coefficient (Wildman–Crippen LogP) is 1.68. The molecule has 1 aromatic heterocycles. The quantitative estimate of drug-likeness (QED) is 0.854. The molecule has 2 rings (SSSR count). The van der Waals surface area contributed by atoms with Gasteiger partial charge in [0.25, 0.3) is 5.91 Å². The lowest BCUT2D eigenvalue weighted by molar-refractivity contribution is -0.00712. The second kappa shape index (κ2) is 6.10. The van der Waals surface area contributed by atoms with Crippen molar-refractivity contribution >= 4 is 5.91 Å². The minimum Gasteiger partial charge on any atom is -0.369 e. The number of nitrogens with zero attached hydrogens (tertiary/aromatic N) is 2. The Hall–Kier alpha value is -1.80. The molecule has 0 unspecified atom stereocenters. The minimum absolute atomic E-state index is 0.0662. The number of aromatic nitrogens is 2. The van der Waals surface area contributed by atoms with E-state index in [1.54, 1.807) is 11.6 Å². The standard InChI is InChI=1S/C15H21N3O2/c1-5-7-8-16-15(19)14-12-9-10(3)20-11(4)13(12)17-18(14)6-2/h10-11H,6,8-9H2,1-4H3,(H,16,19)/t10-,11+/m0/s1.